The molecule has 162 valence electrons. The van der Waals surface area contributed by atoms with Gasteiger partial charge in [0.1, 0.15) is 0 Å². The Morgan fingerprint density at radius 2 is 1.58 bits per heavy atom. The molecule has 4 rings (SSSR count). The van der Waals surface area contributed by atoms with E-state index in [9.17, 15) is 9.59 Å². The molecule has 3 aromatic rings. The summed E-state index contributed by atoms with van der Waals surface area (Å²) in [7, 11) is 0. The number of carbonyl (C=O) groups is 2. The number of piperidine rings is 1. The normalized spacial score (nSPS) is 13.8. The van der Waals surface area contributed by atoms with Crippen LogP contribution in [0.4, 0.5) is 11.4 Å². The molecule has 2 aromatic carbocycles. The van der Waals surface area contributed by atoms with Crippen molar-refractivity contribution in [3.05, 3.63) is 72.1 Å². The minimum atomic E-state index is -0.182. The van der Waals surface area contributed by atoms with Crippen molar-refractivity contribution in [2.75, 3.05) is 23.7 Å². The molecule has 2 heterocycles. The third-order valence-corrected chi connectivity index (χ3v) is 5.24. The van der Waals surface area contributed by atoms with Gasteiger partial charge in [-0.25, -0.2) is 4.68 Å². The van der Waals surface area contributed by atoms with E-state index >= 15 is 0 Å². The van der Waals surface area contributed by atoms with E-state index in [0.717, 1.165) is 37.3 Å². The Bertz CT molecular complexity index is 1030. The predicted molar refractivity (Wildman–Crippen MR) is 124 cm³/mol. The third-order valence-electron chi connectivity index (χ3n) is 5.24. The van der Waals surface area contributed by atoms with Gasteiger partial charge in [-0.15, -0.1) is 12.4 Å². The smallest absolute Gasteiger partial charge is 0.259 e. The lowest BCUT2D eigenvalue weighted by Gasteiger charge is -2.24. The molecule has 8 heteroatoms. The van der Waals surface area contributed by atoms with Gasteiger partial charge in [-0.3, -0.25) is 9.59 Å². The van der Waals surface area contributed by atoms with E-state index in [0.29, 0.717) is 16.9 Å². The minimum absolute atomic E-state index is 0. The number of halogens is 1. The van der Waals surface area contributed by atoms with Crippen molar-refractivity contribution in [3.8, 4) is 5.69 Å². The van der Waals surface area contributed by atoms with E-state index in [1.54, 1.807) is 30.5 Å². The first-order valence-corrected chi connectivity index (χ1v) is 10.1. The first-order valence-electron chi connectivity index (χ1n) is 10.1. The number of nitrogens with one attached hydrogen (secondary N) is 3. The van der Waals surface area contributed by atoms with Crippen molar-refractivity contribution < 1.29 is 9.59 Å². The van der Waals surface area contributed by atoms with Gasteiger partial charge in [0, 0.05) is 24.2 Å². The molecule has 0 atom stereocenters. The fourth-order valence-electron chi connectivity index (χ4n) is 3.83. The zero-order chi connectivity index (χ0) is 20.9. The van der Waals surface area contributed by atoms with E-state index in [-0.39, 0.29) is 30.1 Å². The van der Waals surface area contributed by atoms with Gasteiger partial charge >= 0.3 is 0 Å². The highest BCUT2D eigenvalue weighted by atomic mass is 35.5. The average molecular weight is 440 g/mol. The first kappa shape index (κ1) is 22.5. The van der Waals surface area contributed by atoms with Gasteiger partial charge in [-0.05, 0) is 62.3 Å². The van der Waals surface area contributed by atoms with Crippen molar-refractivity contribution in [3.63, 3.8) is 0 Å². The van der Waals surface area contributed by atoms with Crippen LogP contribution < -0.4 is 16.0 Å². The molecular formula is C23H26ClN5O2. The Morgan fingerprint density at radius 3 is 2.19 bits per heavy atom. The summed E-state index contributed by atoms with van der Waals surface area (Å²) in [6.45, 7) is 3.31. The molecule has 0 spiro atoms. The summed E-state index contributed by atoms with van der Waals surface area (Å²) in [6, 6.07) is 17.0. The Balaban J connectivity index is 0.00000272. The van der Waals surface area contributed by atoms with Crippen LogP contribution in [0.1, 0.15) is 41.7 Å². The predicted octanol–water partition coefficient (Wildman–Crippen LogP) is 3.97. The molecule has 0 aliphatic carbocycles. The standard InChI is InChI=1S/C23H25N5O2.ClH/c1-16(29)26-18-7-9-19(10-8-18)27-23(30)21-15-25-28(20-5-3-2-4-6-20)22(21)17-11-13-24-14-12-17;/h2-10,15,17,24H,11-14H2,1H3,(H,26,29)(H,27,30);1H. The van der Waals surface area contributed by atoms with E-state index in [4.69, 9.17) is 0 Å². The Hall–Kier alpha value is -3.16. The summed E-state index contributed by atoms with van der Waals surface area (Å²) in [5.41, 5.74) is 3.85. The largest absolute Gasteiger partial charge is 0.326 e. The number of aromatic nitrogens is 2. The van der Waals surface area contributed by atoms with Gasteiger partial charge in [0.25, 0.3) is 5.91 Å². The fourth-order valence-corrected chi connectivity index (χ4v) is 3.83. The van der Waals surface area contributed by atoms with Gasteiger partial charge in [0.15, 0.2) is 0 Å². The molecule has 0 saturated carbocycles. The molecule has 0 radical (unpaired) electrons. The highest BCUT2D eigenvalue weighted by molar-refractivity contribution is 6.05. The molecule has 0 unspecified atom stereocenters. The van der Waals surface area contributed by atoms with Crippen LogP contribution in [0.3, 0.4) is 0 Å². The molecule has 7 nitrogen and oxygen atoms in total. The highest BCUT2D eigenvalue weighted by Crippen LogP contribution is 2.30. The average Bonchev–Trinajstić information content (AvgIpc) is 3.21. The lowest BCUT2D eigenvalue weighted by atomic mass is 9.91. The summed E-state index contributed by atoms with van der Waals surface area (Å²) in [6.07, 6.45) is 3.58. The van der Waals surface area contributed by atoms with Crippen LogP contribution in [0.5, 0.6) is 0 Å². The lowest BCUT2D eigenvalue weighted by molar-refractivity contribution is -0.114. The molecule has 0 bridgehead atoms. The maximum atomic E-state index is 13.1. The maximum Gasteiger partial charge on any atom is 0.259 e. The van der Waals surface area contributed by atoms with Crippen LogP contribution in [0.15, 0.2) is 60.8 Å². The monoisotopic (exact) mass is 439 g/mol. The van der Waals surface area contributed by atoms with Gasteiger partial charge in [-0.1, -0.05) is 18.2 Å². The topological polar surface area (TPSA) is 88.1 Å². The Morgan fingerprint density at radius 1 is 0.968 bits per heavy atom. The van der Waals surface area contributed by atoms with Crippen molar-refractivity contribution in [2.24, 2.45) is 0 Å². The molecule has 1 aliphatic heterocycles. The van der Waals surface area contributed by atoms with Gasteiger partial charge in [0.05, 0.1) is 23.1 Å². The summed E-state index contributed by atoms with van der Waals surface area (Å²) in [4.78, 5) is 24.3. The van der Waals surface area contributed by atoms with E-state index in [1.165, 1.54) is 6.92 Å². The van der Waals surface area contributed by atoms with Crippen LogP contribution in [0.25, 0.3) is 5.69 Å². The van der Waals surface area contributed by atoms with Crippen molar-refractivity contribution in [1.82, 2.24) is 15.1 Å². The van der Waals surface area contributed by atoms with Crippen LogP contribution in [0, 0.1) is 0 Å². The van der Waals surface area contributed by atoms with E-state index in [2.05, 4.69) is 21.0 Å². The van der Waals surface area contributed by atoms with E-state index in [1.807, 2.05) is 35.0 Å². The van der Waals surface area contributed by atoms with Crippen LogP contribution in [0.2, 0.25) is 0 Å². The number of para-hydroxylation sites is 1. The van der Waals surface area contributed by atoms with Gasteiger partial charge < -0.3 is 16.0 Å². The van der Waals surface area contributed by atoms with Crippen LogP contribution in [-0.4, -0.2) is 34.7 Å². The quantitative estimate of drug-likeness (QED) is 0.561. The second-order valence-electron chi connectivity index (χ2n) is 7.43. The number of benzene rings is 2. The Kier molecular flexibility index (Phi) is 7.44. The summed E-state index contributed by atoms with van der Waals surface area (Å²) in [5.74, 6) is -0.0541. The number of rotatable bonds is 5. The van der Waals surface area contributed by atoms with Crippen molar-refractivity contribution in [1.29, 1.82) is 0 Å². The molecule has 31 heavy (non-hydrogen) atoms. The highest BCUT2D eigenvalue weighted by Gasteiger charge is 2.27. The third kappa shape index (κ3) is 5.31. The maximum absolute atomic E-state index is 13.1. The molecule has 1 aromatic heterocycles. The fraction of sp³-hybridized carbons (Fsp3) is 0.261. The molecule has 2 amide bonds. The number of carbonyl (C=O) groups excluding carboxylic acids is 2. The molecule has 3 N–H and O–H groups in total. The Labute approximate surface area is 187 Å². The second kappa shape index (κ2) is 10.2. The molecule has 1 fully saturated rings. The number of hydrogen-bond donors (Lipinski definition) is 3. The van der Waals surface area contributed by atoms with Gasteiger partial charge in [-0.2, -0.15) is 5.10 Å². The van der Waals surface area contributed by atoms with Crippen molar-refractivity contribution in [2.45, 2.75) is 25.7 Å². The minimum Gasteiger partial charge on any atom is -0.326 e. The number of amides is 2. The lowest BCUT2D eigenvalue weighted by Crippen LogP contribution is -2.29. The van der Waals surface area contributed by atoms with Gasteiger partial charge in [0.2, 0.25) is 5.91 Å². The molecular weight excluding hydrogens is 414 g/mol. The zero-order valence-corrected chi connectivity index (χ0v) is 18.1. The van der Waals surface area contributed by atoms with Crippen molar-refractivity contribution >= 4 is 35.6 Å². The van der Waals surface area contributed by atoms with Crippen LogP contribution in [-0.2, 0) is 4.79 Å². The summed E-state index contributed by atoms with van der Waals surface area (Å²) in [5, 5.41) is 13.6. The zero-order valence-electron chi connectivity index (χ0n) is 17.3. The SMILES string of the molecule is CC(=O)Nc1ccc(NC(=O)c2cnn(-c3ccccc3)c2C2CCNCC2)cc1.Cl. The molecule has 1 saturated heterocycles. The summed E-state index contributed by atoms with van der Waals surface area (Å²) >= 11 is 0. The second-order valence-corrected chi connectivity index (χ2v) is 7.43. The number of nitrogens with zero attached hydrogens (tertiary/aromatic N) is 2. The number of hydrogen-bond acceptors (Lipinski definition) is 4. The molecule has 1 aliphatic rings. The summed E-state index contributed by atoms with van der Waals surface area (Å²) < 4.78 is 1.89. The van der Waals surface area contributed by atoms with E-state index < -0.39 is 0 Å². The van der Waals surface area contributed by atoms with Crippen LogP contribution >= 0.6 is 12.4 Å². The first-order chi connectivity index (χ1) is 14.6. The number of anilines is 2.